The van der Waals surface area contributed by atoms with Gasteiger partial charge in [0.1, 0.15) is 6.54 Å². The number of para-hydroxylation sites is 2. The maximum absolute atomic E-state index is 12.7. The van der Waals surface area contributed by atoms with Crippen molar-refractivity contribution in [3.05, 3.63) is 34.8 Å². The van der Waals surface area contributed by atoms with E-state index in [9.17, 15) is 9.59 Å². The van der Waals surface area contributed by atoms with E-state index >= 15 is 0 Å². The largest absolute Gasteiger partial charge is 0.420 e. The number of carbonyl (C=O) groups excluding carboxylic acids is 1. The zero-order valence-corrected chi connectivity index (χ0v) is 14.6. The molecule has 1 saturated heterocycles. The van der Waals surface area contributed by atoms with Gasteiger partial charge in [-0.25, -0.2) is 4.79 Å². The lowest BCUT2D eigenvalue weighted by molar-refractivity contribution is -0.930. The van der Waals surface area contributed by atoms with Crippen molar-refractivity contribution in [3.63, 3.8) is 0 Å². The Hall–Kier alpha value is -2.08. The van der Waals surface area contributed by atoms with E-state index < -0.39 is 5.76 Å². The van der Waals surface area contributed by atoms with Crippen molar-refractivity contribution in [2.45, 2.75) is 44.7 Å². The quantitative estimate of drug-likeness (QED) is 0.890. The zero-order chi connectivity index (χ0) is 17.2. The van der Waals surface area contributed by atoms with Crippen LogP contribution in [0.2, 0.25) is 0 Å². The number of piperazine rings is 1. The first-order valence-electron chi connectivity index (χ1n) is 9.43. The average Bonchev–Trinajstić information content (AvgIpc) is 2.98. The van der Waals surface area contributed by atoms with Crippen LogP contribution in [0.1, 0.15) is 32.1 Å². The number of rotatable bonds is 3. The summed E-state index contributed by atoms with van der Waals surface area (Å²) in [6, 6.07) is 8.03. The normalized spacial score (nSPS) is 20.2. The van der Waals surface area contributed by atoms with E-state index in [4.69, 9.17) is 4.42 Å². The van der Waals surface area contributed by atoms with Crippen LogP contribution in [0, 0.1) is 0 Å². The molecule has 1 saturated carbocycles. The van der Waals surface area contributed by atoms with Gasteiger partial charge >= 0.3 is 5.76 Å². The summed E-state index contributed by atoms with van der Waals surface area (Å²) < 4.78 is 6.66. The molecule has 1 N–H and O–H groups in total. The summed E-state index contributed by atoms with van der Waals surface area (Å²) >= 11 is 0. The SMILES string of the molecule is O=C(Cn1c(=O)oc2ccccc21)N1CC[NH+](C2CCCCC2)CC1. The van der Waals surface area contributed by atoms with E-state index in [0.29, 0.717) is 11.1 Å². The average molecular weight is 344 g/mol. The lowest BCUT2D eigenvalue weighted by Gasteiger charge is -2.38. The van der Waals surface area contributed by atoms with Crippen LogP contribution in [0.15, 0.2) is 33.5 Å². The number of oxazole rings is 1. The molecule has 1 aromatic carbocycles. The number of amides is 1. The summed E-state index contributed by atoms with van der Waals surface area (Å²) in [6.45, 7) is 3.69. The highest BCUT2D eigenvalue weighted by molar-refractivity contribution is 5.79. The van der Waals surface area contributed by atoms with Crippen LogP contribution in [0.4, 0.5) is 0 Å². The maximum atomic E-state index is 12.7. The second kappa shape index (κ2) is 7.04. The Bertz CT molecular complexity index is 796. The van der Waals surface area contributed by atoms with Crippen molar-refractivity contribution in [2.24, 2.45) is 0 Å². The fourth-order valence-corrected chi connectivity index (χ4v) is 4.36. The predicted molar refractivity (Wildman–Crippen MR) is 94.6 cm³/mol. The predicted octanol–water partition coefficient (Wildman–Crippen LogP) is 0.654. The lowest BCUT2D eigenvalue weighted by atomic mass is 9.94. The van der Waals surface area contributed by atoms with Gasteiger partial charge in [0.25, 0.3) is 0 Å². The van der Waals surface area contributed by atoms with E-state index in [-0.39, 0.29) is 12.5 Å². The summed E-state index contributed by atoms with van der Waals surface area (Å²) in [7, 11) is 0. The molecule has 6 heteroatoms. The smallest absolute Gasteiger partial charge is 0.408 e. The number of fused-ring (bicyclic) bond motifs is 1. The molecule has 0 radical (unpaired) electrons. The zero-order valence-electron chi connectivity index (χ0n) is 14.6. The van der Waals surface area contributed by atoms with Crippen molar-refractivity contribution >= 4 is 17.0 Å². The molecule has 4 rings (SSSR count). The Morgan fingerprint density at radius 2 is 1.84 bits per heavy atom. The fraction of sp³-hybridized carbons (Fsp3) is 0.579. The third-order valence-electron chi connectivity index (χ3n) is 5.81. The first-order valence-corrected chi connectivity index (χ1v) is 9.43. The van der Waals surface area contributed by atoms with Gasteiger partial charge in [-0.1, -0.05) is 18.6 Å². The summed E-state index contributed by atoms with van der Waals surface area (Å²) in [4.78, 5) is 28.3. The Labute approximate surface area is 147 Å². The van der Waals surface area contributed by atoms with Crippen LogP contribution in [0.3, 0.4) is 0 Å². The van der Waals surface area contributed by atoms with Crippen molar-refractivity contribution in [1.29, 1.82) is 0 Å². The van der Waals surface area contributed by atoms with Crippen LogP contribution in [0.25, 0.3) is 11.1 Å². The number of hydrogen-bond acceptors (Lipinski definition) is 3. The molecule has 1 aliphatic carbocycles. The van der Waals surface area contributed by atoms with Gasteiger partial charge in [-0.05, 0) is 37.8 Å². The van der Waals surface area contributed by atoms with Crippen molar-refractivity contribution in [2.75, 3.05) is 26.2 Å². The number of hydrogen-bond donors (Lipinski definition) is 1. The summed E-state index contributed by atoms with van der Waals surface area (Å²) in [5, 5.41) is 0. The van der Waals surface area contributed by atoms with E-state index in [0.717, 1.165) is 32.2 Å². The Balaban J connectivity index is 1.39. The van der Waals surface area contributed by atoms with Gasteiger partial charge in [-0.3, -0.25) is 9.36 Å². The molecule has 0 unspecified atom stereocenters. The minimum atomic E-state index is -0.457. The van der Waals surface area contributed by atoms with Gasteiger partial charge in [0.15, 0.2) is 5.58 Å². The molecule has 0 spiro atoms. The van der Waals surface area contributed by atoms with Crippen LogP contribution >= 0.6 is 0 Å². The lowest BCUT2D eigenvalue weighted by Crippen LogP contribution is -3.18. The number of carbonyl (C=O) groups is 1. The van der Waals surface area contributed by atoms with Gasteiger partial charge in [0, 0.05) is 0 Å². The second-order valence-electron chi connectivity index (χ2n) is 7.30. The minimum Gasteiger partial charge on any atom is -0.408 e. The molecule has 1 aliphatic heterocycles. The molecule has 2 aliphatic rings. The first kappa shape index (κ1) is 16.4. The summed E-state index contributed by atoms with van der Waals surface area (Å²) in [5.41, 5.74) is 1.22. The second-order valence-corrected chi connectivity index (χ2v) is 7.30. The molecule has 25 heavy (non-hydrogen) atoms. The number of nitrogens with zero attached hydrogens (tertiary/aromatic N) is 2. The van der Waals surface area contributed by atoms with Crippen LogP contribution in [0.5, 0.6) is 0 Å². The monoisotopic (exact) mass is 344 g/mol. The van der Waals surface area contributed by atoms with Gasteiger partial charge in [-0.15, -0.1) is 0 Å². The van der Waals surface area contributed by atoms with Crippen LogP contribution < -0.4 is 10.7 Å². The van der Waals surface area contributed by atoms with E-state index in [1.54, 1.807) is 11.0 Å². The van der Waals surface area contributed by atoms with E-state index in [1.165, 1.54) is 36.7 Å². The molecule has 134 valence electrons. The summed E-state index contributed by atoms with van der Waals surface area (Å²) in [5.74, 6) is -0.447. The van der Waals surface area contributed by atoms with Gasteiger partial charge in [0.05, 0.1) is 37.7 Å². The molecule has 2 fully saturated rings. The first-order chi connectivity index (χ1) is 12.2. The Morgan fingerprint density at radius 3 is 2.60 bits per heavy atom. The highest BCUT2D eigenvalue weighted by Gasteiger charge is 2.30. The van der Waals surface area contributed by atoms with Crippen molar-refractivity contribution in [3.8, 4) is 0 Å². The Morgan fingerprint density at radius 1 is 1.12 bits per heavy atom. The number of aromatic nitrogens is 1. The fourth-order valence-electron chi connectivity index (χ4n) is 4.36. The van der Waals surface area contributed by atoms with Gasteiger partial charge < -0.3 is 14.2 Å². The van der Waals surface area contributed by atoms with Gasteiger partial charge in [-0.2, -0.15) is 0 Å². The maximum Gasteiger partial charge on any atom is 0.420 e. The van der Waals surface area contributed by atoms with Crippen molar-refractivity contribution < 1.29 is 14.1 Å². The summed E-state index contributed by atoms with van der Waals surface area (Å²) in [6.07, 6.45) is 6.75. The molecule has 2 heterocycles. The topological polar surface area (TPSA) is 59.9 Å². The van der Waals surface area contributed by atoms with E-state index in [1.807, 2.05) is 23.1 Å². The van der Waals surface area contributed by atoms with Crippen LogP contribution in [-0.4, -0.2) is 47.6 Å². The number of benzene rings is 1. The standard InChI is InChI=1S/C19H25N3O3/c23-18(14-22-16-8-4-5-9-17(16)25-19(22)24)21-12-10-20(11-13-21)15-6-2-1-3-7-15/h4-5,8-9,15H,1-3,6-7,10-14H2/p+1. The number of quaternary nitrogens is 1. The number of nitrogens with one attached hydrogen (secondary N) is 1. The molecule has 0 atom stereocenters. The van der Waals surface area contributed by atoms with Crippen LogP contribution in [-0.2, 0) is 11.3 Å². The molecular formula is C19H26N3O3+. The minimum absolute atomic E-state index is 0.0105. The van der Waals surface area contributed by atoms with Gasteiger partial charge in [0.2, 0.25) is 5.91 Å². The molecule has 6 nitrogen and oxygen atoms in total. The molecule has 0 bridgehead atoms. The third kappa shape index (κ3) is 3.35. The molecule has 1 amide bonds. The molecule has 2 aromatic rings. The van der Waals surface area contributed by atoms with Crippen molar-refractivity contribution in [1.82, 2.24) is 9.47 Å². The molecule has 1 aromatic heterocycles. The highest BCUT2D eigenvalue weighted by Crippen LogP contribution is 2.16. The van der Waals surface area contributed by atoms with E-state index in [2.05, 4.69) is 0 Å². The highest BCUT2D eigenvalue weighted by atomic mass is 16.4. The molecular weight excluding hydrogens is 318 g/mol. The third-order valence-corrected chi connectivity index (χ3v) is 5.81. The Kier molecular flexibility index (Phi) is 4.61.